The SMILES string of the molecule is Br.CCN1C=CN(C)C1.F[B-](F)(F)F. The maximum atomic E-state index is 9.75. The molecule has 0 N–H and O–H groups in total. The molecule has 1 heterocycles. The minimum atomic E-state index is -6.00. The van der Waals surface area contributed by atoms with Gasteiger partial charge in [-0.15, -0.1) is 17.0 Å². The number of nitrogens with zero attached hydrogens (tertiary/aromatic N) is 2. The fourth-order valence-electron chi connectivity index (χ4n) is 0.794. The lowest BCUT2D eigenvalue weighted by Gasteiger charge is -2.14. The van der Waals surface area contributed by atoms with Gasteiger partial charge >= 0.3 is 7.25 Å². The predicted molar refractivity (Wildman–Crippen MR) is 54.7 cm³/mol. The molecule has 8 heteroatoms. The topological polar surface area (TPSA) is 6.48 Å². The Labute approximate surface area is 91.4 Å². The van der Waals surface area contributed by atoms with E-state index >= 15 is 0 Å². The summed E-state index contributed by atoms with van der Waals surface area (Å²) in [5, 5.41) is 0. The van der Waals surface area contributed by atoms with Gasteiger partial charge in [-0.2, -0.15) is 0 Å². The van der Waals surface area contributed by atoms with Gasteiger partial charge in [0.15, 0.2) is 0 Å². The molecule has 0 aliphatic carbocycles. The summed E-state index contributed by atoms with van der Waals surface area (Å²) in [6, 6.07) is 0. The van der Waals surface area contributed by atoms with Crippen LogP contribution in [0.2, 0.25) is 0 Å². The van der Waals surface area contributed by atoms with Gasteiger partial charge in [0.25, 0.3) is 0 Å². The molecule has 0 bridgehead atoms. The Morgan fingerprint density at radius 3 is 1.79 bits per heavy atom. The van der Waals surface area contributed by atoms with E-state index in [9.17, 15) is 17.3 Å². The van der Waals surface area contributed by atoms with Crippen molar-refractivity contribution in [2.24, 2.45) is 0 Å². The molecule has 0 spiro atoms. The molecule has 0 saturated heterocycles. The molecule has 0 saturated carbocycles. The Bertz CT molecular complexity index is 170. The van der Waals surface area contributed by atoms with Crippen LogP contribution in [0.25, 0.3) is 0 Å². The summed E-state index contributed by atoms with van der Waals surface area (Å²) in [6.45, 7) is 4.32. The Hall–Kier alpha value is -0.395. The van der Waals surface area contributed by atoms with E-state index in [0.717, 1.165) is 13.2 Å². The summed E-state index contributed by atoms with van der Waals surface area (Å²) < 4.78 is 39.0. The maximum Gasteiger partial charge on any atom is 0.673 e. The minimum absolute atomic E-state index is 0. The molecule has 0 unspecified atom stereocenters. The molecular weight excluding hydrogens is 267 g/mol. The van der Waals surface area contributed by atoms with Crippen molar-refractivity contribution in [1.82, 2.24) is 9.80 Å². The lowest BCUT2D eigenvalue weighted by molar-refractivity contribution is 0.308. The van der Waals surface area contributed by atoms with Crippen molar-refractivity contribution in [2.45, 2.75) is 6.92 Å². The van der Waals surface area contributed by atoms with E-state index in [4.69, 9.17) is 0 Å². The highest BCUT2D eigenvalue weighted by molar-refractivity contribution is 8.93. The molecule has 1 aliphatic rings. The smallest absolute Gasteiger partial charge is 0.418 e. The average Bonchev–Trinajstić information content (AvgIpc) is 2.31. The molecular formula is C6H13BBrF4N2-. The highest BCUT2D eigenvalue weighted by atomic mass is 79.9. The van der Waals surface area contributed by atoms with Crippen molar-refractivity contribution in [3.8, 4) is 0 Å². The first-order chi connectivity index (χ1) is 5.83. The summed E-state index contributed by atoms with van der Waals surface area (Å²) in [5.74, 6) is 0. The molecule has 0 fully saturated rings. The van der Waals surface area contributed by atoms with Crippen molar-refractivity contribution in [1.29, 1.82) is 0 Å². The predicted octanol–water partition coefficient (Wildman–Crippen LogP) is 2.56. The molecule has 0 aromatic heterocycles. The molecule has 0 atom stereocenters. The molecule has 0 radical (unpaired) electrons. The van der Waals surface area contributed by atoms with Crippen molar-refractivity contribution in [3.63, 3.8) is 0 Å². The Kier molecular flexibility index (Phi) is 7.99. The van der Waals surface area contributed by atoms with Crippen molar-refractivity contribution in [3.05, 3.63) is 12.4 Å². The second-order valence-electron chi connectivity index (χ2n) is 2.60. The monoisotopic (exact) mass is 279 g/mol. The third kappa shape index (κ3) is 11.6. The molecule has 0 aromatic carbocycles. The molecule has 86 valence electrons. The van der Waals surface area contributed by atoms with E-state index < -0.39 is 7.25 Å². The fourth-order valence-corrected chi connectivity index (χ4v) is 0.794. The second kappa shape index (κ2) is 6.97. The Balaban J connectivity index is 0. The fraction of sp³-hybridized carbons (Fsp3) is 0.667. The number of halogens is 5. The van der Waals surface area contributed by atoms with Crippen LogP contribution in [-0.4, -0.2) is 37.3 Å². The van der Waals surface area contributed by atoms with Crippen LogP contribution in [0.4, 0.5) is 17.3 Å². The van der Waals surface area contributed by atoms with Gasteiger partial charge in [0.05, 0.1) is 6.67 Å². The Morgan fingerprint density at radius 1 is 1.21 bits per heavy atom. The third-order valence-electron chi connectivity index (χ3n) is 1.34. The summed E-state index contributed by atoms with van der Waals surface area (Å²) in [5.41, 5.74) is 0. The van der Waals surface area contributed by atoms with E-state index in [0.29, 0.717) is 0 Å². The first-order valence-electron chi connectivity index (χ1n) is 3.83. The molecule has 0 aromatic rings. The standard InChI is InChI=1S/C6H12N2.BF4.BrH/c1-3-8-5-4-7(2)6-8;2-1(3,4)5;/h4-5H,3,6H2,1-2H3;;1H/q;-1;. The van der Waals surface area contributed by atoms with Gasteiger partial charge in [0.2, 0.25) is 0 Å². The van der Waals surface area contributed by atoms with Crippen molar-refractivity contribution < 1.29 is 17.3 Å². The van der Waals surface area contributed by atoms with Gasteiger partial charge < -0.3 is 27.1 Å². The van der Waals surface area contributed by atoms with Gasteiger partial charge in [0.1, 0.15) is 0 Å². The third-order valence-corrected chi connectivity index (χ3v) is 1.34. The maximum absolute atomic E-state index is 9.75. The highest BCUT2D eigenvalue weighted by Gasteiger charge is 2.20. The van der Waals surface area contributed by atoms with E-state index in [-0.39, 0.29) is 17.0 Å². The second-order valence-corrected chi connectivity index (χ2v) is 2.60. The number of hydrogen-bond acceptors (Lipinski definition) is 2. The largest absolute Gasteiger partial charge is 0.673 e. The van der Waals surface area contributed by atoms with Crippen LogP contribution in [0, 0.1) is 0 Å². The first kappa shape index (κ1) is 16.1. The molecule has 1 rings (SSSR count). The van der Waals surface area contributed by atoms with E-state index in [2.05, 4.69) is 36.2 Å². The van der Waals surface area contributed by atoms with Crippen LogP contribution in [-0.2, 0) is 0 Å². The summed E-state index contributed by atoms with van der Waals surface area (Å²) >= 11 is 0. The van der Waals surface area contributed by atoms with Crippen molar-refractivity contribution >= 4 is 24.2 Å². The van der Waals surface area contributed by atoms with Gasteiger partial charge in [-0.05, 0) is 6.92 Å². The van der Waals surface area contributed by atoms with Crippen LogP contribution >= 0.6 is 17.0 Å². The zero-order valence-electron chi connectivity index (χ0n) is 7.96. The minimum Gasteiger partial charge on any atom is -0.418 e. The molecule has 2 nitrogen and oxygen atoms in total. The molecule has 14 heavy (non-hydrogen) atoms. The van der Waals surface area contributed by atoms with E-state index in [1.54, 1.807) is 0 Å². The molecule has 0 amide bonds. The number of hydrogen-bond donors (Lipinski definition) is 0. The first-order valence-corrected chi connectivity index (χ1v) is 3.83. The zero-order chi connectivity index (χ0) is 10.5. The Morgan fingerprint density at radius 2 is 1.64 bits per heavy atom. The highest BCUT2D eigenvalue weighted by Crippen LogP contribution is 2.06. The van der Waals surface area contributed by atoms with Gasteiger partial charge in [-0.25, -0.2) is 0 Å². The summed E-state index contributed by atoms with van der Waals surface area (Å²) in [4.78, 5) is 4.41. The van der Waals surface area contributed by atoms with Crippen LogP contribution in [0.5, 0.6) is 0 Å². The summed E-state index contributed by atoms with van der Waals surface area (Å²) in [7, 11) is -3.92. The van der Waals surface area contributed by atoms with Gasteiger partial charge in [-0.3, -0.25) is 0 Å². The van der Waals surface area contributed by atoms with Crippen LogP contribution in [0.1, 0.15) is 6.92 Å². The van der Waals surface area contributed by atoms with Crippen molar-refractivity contribution in [2.75, 3.05) is 20.3 Å². The lowest BCUT2D eigenvalue weighted by Crippen LogP contribution is -2.21. The van der Waals surface area contributed by atoms with Gasteiger partial charge in [-0.1, -0.05) is 0 Å². The van der Waals surface area contributed by atoms with E-state index in [1.807, 2.05) is 0 Å². The van der Waals surface area contributed by atoms with Crippen LogP contribution in [0.15, 0.2) is 12.4 Å². The number of rotatable bonds is 1. The molecule has 1 aliphatic heterocycles. The van der Waals surface area contributed by atoms with Gasteiger partial charge in [0, 0.05) is 26.0 Å². The normalized spacial score (nSPS) is 14.7. The van der Waals surface area contributed by atoms with Crippen LogP contribution < -0.4 is 0 Å². The summed E-state index contributed by atoms with van der Waals surface area (Å²) in [6.07, 6.45) is 4.20. The average molecular weight is 280 g/mol. The lowest BCUT2D eigenvalue weighted by atomic mass is 10.3. The van der Waals surface area contributed by atoms with E-state index in [1.165, 1.54) is 0 Å². The quantitative estimate of drug-likeness (QED) is 0.538. The zero-order valence-corrected chi connectivity index (χ0v) is 9.67. The van der Waals surface area contributed by atoms with Crippen LogP contribution in [0.3, 0.4) is 0 Å².